The summed E-state index contributed by atoms with van der Waals surface area (Å²) in [5.74, 6) is 1.22. The van der Waals surface area contributed by atoms with E-state index in [0.717, 1.165) is 0 Å². The molecule has 0 saturated carbocycles. The number of hydrogen-bond donors (Lipinski definition) is 0. The van der Waals surface area contributed by atoms with Crippen LogP contribution in [0.4, 0.5) is 0 Å². The van der Waals surface area contributed by atoms with Gasteiger partial charge in [-0.25, -0.2) is 9.13 Å². The zero-order valence-corrected chi connectivity index (χ0v) is 26.6. The average molecular weight is 631 g/mol. The normalized spacial score (nSPS) is 14.0. The third-order valence-corrected chi connectivity index (χ3v) is 10.1. The predicted molar refractivity (Wildman–Crippen MR) is 177 cm³/mol. The summed E-state index contributed by atoms with van der Waals surface area (Å²) in [4.78, 5) is 0. The van der Waals surface area contributed by atoms with Crippen LogP contribution in [-0.2, 0) is 18.2 Å². The molecule has 0 aliphatic carbocycles. The Morgan fingerprint density at radius 1 is 0.568 bits per heavy atom. The highest BCUT2D eigenvalue weighted by molar-refractivity contribution is 7.52. The zero-order valence-electron chi connectivity index (χ0n) is 24.8. The number of hydrogen-bond acceptors (Lipinski definition) is 6. The topological polar surface area (TPSA) is 77.5 Å². The highest BCUT2D eigenvalue weighted by Crippen LogP contribution is 2.55. The van der Waals surface area contributed by atoms with Crippen molar-refractivity contribution in [2.75, 3.05) is 27.2 Å². The molecule has 4 aromatic carbocycles. The molecule has 0 radical (unpaired) electrons. The Morgan fingerprint density at radius 2 is 0.864 bits per heavy atom. The first-order valence-electron chi connectivity index (χ1n) is 13.8. The van der Waals surface area contributed by atoms with Gasteiger partial charge in [-0.05, 0) is 38.4 Å². The lowest BCUT2D eigenvalue weighted by Crippen LogP contribution is -2.22. The Balaban J connectivity index is 1.47. The maximum absolute atomic E-state index is 14.1. The second-order valence-electron chi connectivity index (χ2n) is 9.66. The van der Waals surface area contributed by atoms with E-state index in [0.29, 0.717) is 22.6 Å². The highest BCUT2D eigenvalue weighted by atomic mass is 31.2. The molecule has 0 N–H and O–H groups in total. The molecule has 0 heterocycles. The van der Waals surface area contributed by atoms with E-state index in [1.54, 1.807) is 74.8 Å². The molecule has 0 bridgehead atoms. The van der Waals surface area contributed by atoms with Gasteiger partial charge in [-0.3, -0.25) is 0 Å². The van der Waals surface area contributed by atoms with Crippen LogP contribution in [0.15, 0.2) is 147 Å². The second kappa shape index (κ2) is 15.4. The van der Waals surface area contributed by atoms with E-state index in [4.69, 9.17) is 18.1 Å². The maximum Gasteiger partial charge on any atom is 0.515 e. The predicted octanol–water partition coefficient (Wildman–Crippen LogP) is 9.16. The van der Waals surface area contributed by atoms with E-state index < -0.39 is 15.5 Å². The third kappa shape index (κ3) is 9.09. The molecule has 8 nitrogen and oxygen atoms in total. The number of rotatable bonds is 16. The molecular weight excluding hydrogens is 594 g/mol. The van der Waals surface area contributed by atoms with Crippen LogP contribution in [0.1, 0.15) is 11.1 Å². The summed E-state index contributed by atoms with van der Waals surface area (Å²) in [7, 11) is -4.53. The quantitative estimate of drug-likeness (QED) is 0.0689. The Bertz CT molecular complexity index is 1510. The van der Waals surface area contributed by atoms with Crippen LogP contribution in [0.2, 0.25) is 0 Å². The standard InChI is InChI=1S/C34H36N2O6P2/c1-29(31-19-9-5-10-20-31)39-43(37,41-33-23-13-7-14-24-33)35(3)27-17-18-28-36(4)44(38,42-34-25-15-8-16-26-34)40-30(2)32-21-11-6-12-22-32/h5-26H,1-2,27-28H2,3-4H3/b18-17+. The first kappa shape index (κ1) is 32.6. The number of nitrogens with zero attached hydrogens (tertiary/aromatic N) is 2. The van der Waals surface area contributed by atoms with Crippen molar-refractivity contribution in [2.45, 2.75) is 0 Å². The average Bonchev–Trinajstić information content (AvgIpc) is 3.04. The minimum absolute atomic E-state index is 0.182. The summed E-state index contributed by atoms with van der Waals surface area (Å²) in [5, 5.41) is 0. The van der Waals surface area contributed by atoms with Gasteiger partial charge in [0.05, 0.1) is 0 Å². The molecule has 0 fully saturated rings. The molecule has 0 saturated heterocycles. The van der Waals surface area contributed by atoms with Gasteiger partial charge in [0, 0.05) is 24.2 Å². The third-order valence-electron chi connectivity index (χ3n) is 6.31. The number of para-hydroxylation sites is 2. The van der Waals surface area contributed by atoms with E-state index in [1.165, 1.54) is 9.34 Å². The fourth-order valence-corrected chi connectivity index (χ4v) is 6.60. The molecule has 0 aromatic heterocycles. The van der Waals surface area contributed by atoms with Crippen molar-refractivity contribution < 1.29 is 27.2 Å². The van der Waals surface area contributed by atoms with E-state index in [9.17, 15) is 9.13 Å². The Hall–Kier alpha value is -4.32. The van der Waals surface area contributed by atoms with Crippen LogP contribution in [0.5, 0.6) is 11.5 Å². The number of likely N-dealkylation sites (N-methyl/N-ethyl adjacent to an activating group) is 2. The molecule has 2 atom stereocenters. The van der Waals surface area contributed by atoms with Crippen LogP contribution in [-0.4, -0.2) is 36.5 Å². The van der Waals surface area contributed by atoms with Gasteiger partial charge in [-0.1, -0.05) is 122 Å². The fraction of sp³-hybridized carbons (Fsp3) is 0.118. The summed E-state index contributed by atoms with van der Waals surface area (Å²) < 4.78 is 54.7. The fourth-order valence-electron chi connectivity index (χ4n) is 3.83. The Labute approximate surface area is 259 Å². The summed E-state index contributed by atoms with van der Waals surface area (Å²) in [6.07, 6.45) is 3.54. The molecule has 0 amide bonds. The molecule has 0 aliphatic rings. The van der Waals surface area contributed by atoms with E-state index in [-0.39, 0.29) is 24.6 Å². The van der Waals surface area contributed by atoms with Crippen molar-refractivity contribution >= 4 is 27.0 Å². The molecule has 0 spiro atoms. The van der Waals surface area contributed by atoms with Gasteiger partial charge in [0.25, 0.3) is 0 Å². The summed E-state index contributed by atoms with van der Waals surface area (Å²) >= 11 is 0. The van der Waals surface area contributed by atoms with Crippen molar-refractivity contribution in [3.63, 3.8) is 0 Å². The molecule has 4 aromatic rings. The highest BCUT2D eigenvalue weighted by Gasteiger charge is 2.36. The lowest BCUT2D eigenvalue weighted by atomic mass is 10.2. The minimum Gasteiger partial charge on any atom is -0.404 e. The smallest absolute Gasteiger partial charge is 0.404 e. The molecule has 4 rings (SSSR count). The van der Waals surface area contributed by atoms with Gasteiger partial charge in [0.15, 0.2) is 0 Å². The van der Waals surface area contributed by atoms with Crippen LogP contribution < -0.4 is 9.05 Å². The zero-order chi connectivity index (χ0) is 31.4. The van der Waals surface area contributed by atoms with Crippen LogP contribution in [0.25, 0.3) is 11.5 Å². The molecule has 228 valence electrons. The van der Waals surface area contributed by atoms with Crippen molar-refractivity contribution in [1.82, 2.24) is 9.34 Å². The van der Waals surface area contributed by atoms with Gasteiger partial charge < -0.3 is 18.1 Å². The van der Waals surface area contributed by atoms with Gasteiger partial charge in [0.2, 0.25) is 0 Å². The van der Waals surface area contributed by atoms with E-state index >= 15 is 0 Å². The molecular formula is C34H36N2O6P2. The lowest BCUT2D eigenvalue weighted by Gasteiger charge is -2.28. The summed E-state index contributed by atoms with van der Waals surface area (Å²) in [6.45, 7) is 8.30. The van der Waals surface area contributed by atoms with Gasteiger partial charge in [-0.2, -0.15) is 9.34 Å². The van der Waals surface area contributed by atoms with Crippen molar-refractivity contribution in [3.05, 3.63) is 158 Å². The monoisotopic (exact) mass is 630 g/mol. The van der Waals surface area contributed by atoms with Crippen molar-refractivity contribution in [1.29, 1.82) is 0 Å². The largest absolute Gasteiger partial charge is 0.515 e. The Kier molecular flexibility index (Phi) is 11.4. The van der Waals surface area contributed by atoms with Gasteiger partial charge in [0.1, 0.15) is 23.0 Å². The SMILES string of the molecule is C=C(OP(=O)(Oc1ccccc1)N(C)C/C=C/CN(C)P(=O)(OC(=C)c1ccccc1)Oc1ccccc1)c1ccccc1. The van der Waals surface area contributed by atoms with Crippen molar-refractivity contribution in [3.8, 4) is 11.5 Å². The van der Waals surface area contributed by atoms with Crippen molar-refractivity contribution in [2.24, 2.45) is 0 Å². The first-order chi connectivity index (χ1) is 21.2. The summed E-state index contributed by atoms with van der Waals surface area (Å²) in [5.41, 5.74) is 1.36. The van der Waals surface area contributed by atoms with Crippen LogP contribution in [0.3, 0.4) is 0 Å². The summed E-state index contributed by atoms with van der Waals surface area (Å²) in [6, 6.07) is 36.0. The Morgan fingerprint density at radius 3 is 1.18 bits per heavy atom. The first-order valence-corrected chi connectivity index (χ1v) is 16.8. The molecule has 44 heavy (non-hydrogen) atoms. The number of benzene rings is 4. The van der Waals surface area contributed by atoms with Gasteiger partial charge in [-0.15, -0.1) is 0 Å². The second-order valence-corrected chi connectivity index (χ2v) is 13.6. The van der Waals surface area contributed by atoms with E-state index in [2.05, 4.69) is 13.2 Å². The lowest BCUT2D eigenvalue weighted by molar-refractivity contribution is 0.299. The van der Waals surface area contributed by atoms with Gasteiger partial charge >= 0.3 is 15.5 Å². The van der Waals surface area contributed by atoms with E-state index in [1.807, 2.05) is 72.8 Å². The molecule has 10 heteroatoms. The molecule has 0 aliphatic heterocycles. The van der Waals surface area contributed by atoms with Crippen LogP contribution >= 0.6 is 15.5 Å². The minimum atomic E-state index is -3.90. The maximum atomic E-state index is 14.1. The van der Waals surface area contributed by atoms with Crippen LogP contribution in [0, 0.1) is 0 Å². The molecule has 2 unspecified atom stereocenters.